The molecular weight excluding hydrogens is 222 g/mol. The summed E-state index contributed by atoms with van der Waals surface area (Å²) in [6.07, 6.45) is 5.05. The summed E-state index contributed by atoms with van der Waals surface area (Å²) in [4.78, 5) is 4.73. The highest BCUT2D eigenvalue weighted by Gasteiger charge is 2.21. The van der Waals surface area contributed by atoms with E-state index in [4.69, 9.17) is 4.99 Å². The molecule has 18 heavy (non-hydrogen) atoms. The third-order valence-corrected chi connectivity index (χ3v) is 4.04. The second-order valence-electron chi connectivity index (χ2n) is 5.16. The molecule has 1 aromatic rings. The lowest BCUT2D eigenvalue weighted by atomic mass is 9.81. The first-order valence-electron chi connectivity index (χ1n) is 7.06. The molecule has 0 radical (unpaired) electrons. The molecule has 1 saturated heterocycles. The van der Waals surface area contributed by atoms with Gasteiger partial charge in [-0.25, -0.2) is 4.99 Å². The number of guanidine groups is 1. The number of hydrogen-bond donors (Lipinski definition) is 2. The van der Waals surface area contributed by atoms with Gasteiger partial charge in [-0.1, -0.05) is 19.1 Å². The molecule has 1 aliphatic heterocycles. The van der Waals surface area contributed by atoms with Crippen molar-refractivity contribution in [3.05, 3.63) is 29.3 Å². The lowest BCUT2D eigenvalue weighted by Crippen LogP contribution is -2.23. The minimum Gasteiger partial charge on any atom is -0.354 e. The summed E-state index contributed by atoms with van der Waals surface area (Å²) in [7, 11) is 0. The Labute approximate surface area is 109 Å². The Morgan fingerprint density at radius 2 is 2.11 bits per heavy atom. The van der Waals surface area contributed by atoms with E-state index in [0.717, 1.165) is 30.7 Å². The van der Waals surface area contributed by atoms with Gasteiger partial charge in [0, 0.05) is 13.1 Å². The fraction of sp³-hybridized carbons (Fsp3) is 0.533. The Bertz CT molecular complexity index is 457. The first-order valence-corrected chi connectivity index (χ1v) is 7.06. The number of rotatable bonds is 2. The number of benzene rings is 1. The Kier molecular flexibility index (Phi) is 3.22. The number of nitrogens with zero attached hydrogens (tertiary/aromatic N) is 1. The molecule has 1 unspecified atom stereocenters. The third-order valence-electron chi connectivity index (χ3n) is 4.04. The maximum absolute atomic E-state index is 4.73. The highest BCUT2D eigenvalue weighted by atomic mass is 15.2. The van der Waals surface area contributed by atoms with Gasteiger partial charge in [-0.15, -0.1) is 0 Å². The molecule has 1 aromatic carbocycles. The van der Waals surface area contributed by atoms with E-state index >= 15 is 0 Å². The van der Waals surface area contributed by atoms with E-state index in [2.05, 4.69) is 35.8 Å². The van der Waals surface area contributed by atoms with Crippen LogP contribution < -0.4 is 10.6 Å². The first-order chi connectivity index (χ1) is 8.88. The van der Waals surface area contributed by atoms with Crippen molar-refractivity contribution in [3.8, 4) is 0 Å². The van der Waals surface area contributed by atoms with Crippen molar-refractivity contribution in [2.75, 3.05) is 13.1 Å². The zero-order chi connectivity index (χ0) is 12.4. The molecule has 0 aromatic heterocycles. The standard InChI is InChI=1S/C15H21N3/c1-2-11-5-3-7-13-12(11)6-4-8-14(13)18-15-16-9-10-17-15/h4,6,8,11H,2-3,5,7,9-10H2,1H3,(H2,16,17,18). The summed E-state index contributed by atoms with van der Waals surface area (Å²) in [6.45, 7) is 4.25. The van der Waals surface area contributed by atoms with E-state index in [1.54, 1.807) is 0 Å². The Morgan fingerprint density at radius 1 is 1.28 bits per heavy atom. The van der Waals surface area contributed by atoms with Gasteiger partial charge in [-0.05, 0) is 48.8 Å². The van der Waals surface area contributed by atoms with Crippen molar-refractivity contribution in [1.29, 1.82) is 0 Å². The average Bonchev–Trinajstić information content (AvgIpc) is 2.91. The molecule has 1 aliphatic carbocycles. The van der Waals surface area contributed by atoms with Crippen LogP contribution in [0, 0.1) is 0 Å². The van der Waals surface area contributed by atoms with Crippen LogP contribution in [0.5, 0.6) is 0 Å². The van der Waals surface area contributed by atoms with Crippen LogP contribution in [0.4, 0.5) is 5.69 Å². The van der Waals surface area contributed by atoms with Gasteiger partial charge >= 0.3 is 0 Å². The van der Waals surface area contributed by atoms with E-state index in [-0.39, 0.29) is 0 Å². The van der Waals surface area contributed by atoms with Gasteiger partial charge < -0.3 is 10.6 Å². The number of nitrogens with one attached hydrogen (secondary N) is 2. The van der Waals surface area contributed by atoms with E-state index in [0.29, 0.717) is 0 Å². The molecule has 0 bridgehead atoms. The van der Waals surface area contributed by atoms with Crippen molar-refractivity contribution in [2.24, 2.45) is 4.99 Å². The van der Waals surface area contributed by atoms with Crippen molar-refractivity contribution in [3.63, 3.8) is 0 Å². The molecule has 0 amide bonds. The second-order valence-corrected chi connectivity index (χ2v) is 5.16. The van der Waals surface area contributed by atoms with Gasteiger partial charge in [-0.2, -0.15) is 0 Å². The van der Waals surface area contributed by atoms with Crippen LogP contribution >= 0.6 is 0 Å². The zero-order valence-electron chi connectivity index (χ0n) is 11.0. The molecule has 96 valence electrons. The van der Waals surface area contributed by atoms with Gasteiger partial charge in [0.05, 0.1) is 5.69 Å². The molecule has 0 saturated carbocycles. The Morgan fingerprint density at radius 3 is 2.89 bits per heavy atom. The van der Waals surface area contributed by atoms with Gasteiger partial charge in [0.2, 0.25) is 0 Å². The summed E-state index contributed by atoms with van der Waals surface area (Å²) < 4.78 is 0. The SMILES string of the molecule is CCC1CCCc2c(N=C3NCCN3)cccc21. The fourth-order valence-electron chi connectivity index (χ4n) is 3.08. The van der Waals surface area contributed by atoms with Gasteiger partial charge in [-0.3, -0.25) is 0 Å². The fourth-order valence-corrected chi connectivity index (χ4v) is 3.08. The van der Waals surface area contributed by atoms with Crippen LogP contribution in [0.3, 0.4) is 0 Å². The minimum absolute atomic E-state index is 0.735. The van der Waals surface area contributed by atoms with Crippen molar-refractivity contribution in [2.45, 2.75) is 38.5 Å². The summed E-state index contributed by atoms with van der Waals surface area (Å²) in [6, 6.07) is 6.59. The molecular formula is C15H21N3. The van der Waals surface area contributed by atoms with Crippen LogP contribution in [0.15, 0.2) is 23.2 Å². The van der Waals surface area contributed by atoms with Crippen LogP contribution in [-0.2, 0) is 6.42 Å². The van der Waals surface area contributed by atoms with Crippen LogP contribution in [0.25, 0.3) is 0 Å². The largest absolute Gasteiger partial charge is 0.354 e. The Hall–Kier alpha value is -1.51. The van der Waals surface area contributed by atoms with E-state index in [1.807, 2.05) is 0 Å². The van der Waals surface area contributed by atoms with E-state index in [9.17, 15) is 0 Å². The first kappa shape index (κ1) is 11.6. The quantitative estimate of drug-likeness (QED) is 0.838. The van der Waals surface area contributed by atoms with Gasteiger partial charge in [0.15, 0.2) is 5.96 Å². The molecule has 3 nitrogen and oxygen atoms in total. The zero-order valence-corrected chi connectivity index (χ0v) is 11.0. The lowest BCUT2D eigenvalue weighted by molar-refractivity contribution is 0.540. The van der Waals surface area contributed by atoms with Gasteiger partial charge in [0.25, 0.3) is 0 Å². The molecule has 1 heterocycles. The summed E-state index contributed by atoms with van der Waals surface area (Å²) in [5.41, 5.74) is 4.16. The van der Waals surface area contributed by atoms with Crippen molar-refractivity contribution in [1.82, 2.24) is 10.6 Å². The monoisotopic (exact) mass is 243 g/mol. The van der Waals surface area contributed by atoms with Crippen molar-refractivity contribution < 1.29 is 0 Å². The minimum atomic E-state index is 0.735. The lowest BCUT2D eigenvalue weighted by Gasteiger charge is -2.25. The van der Waals surface area contributed by atoms with Crippen LogP contribution in [0.2, 0.25) is 0 Å². The Balaban J connectivity index is 1.98. The average molecular weight is 243 g/mol. The van der Waals surface area contributed by atoms with Crippen LogP contribution in [0.1, 0.15) is 43.2 Å². The number of aliphatic imine (C=N–C) groups is 1. The number of fused-ring (bicyclic) bond motifs is 1. The van der Waals surface area contributed by atoms with Gasteiger partial charge in [0.1, 0.15) is 0 Å². The maximum atomic E-state index is 4.73. The number of hydrogen-bond acceptors (Lipinski definition) is 1. The predicted molar refractivity (Wildman–Crippen MR) is 75.5 cm³/mol. The van der Waals surface area contributed by atoms with E-state index < -0.39 is 0 Å². The second kappa shape index (κ2) is 5.01. The molecule has 3 heteroatoms. The normalized spacial score (nSPS) is 22.1. The molecule has 1 fully saturated rings. The third kappa shape index (κ3) is 2.09. The highest BCUT2D eigenvalue weighted by Crippen LogP contribution is 2.38. The molecule has 2 N–H and O–H groups in total. The maximum Gasteiger partial charge on any atom is 0.196 e. The molecule has 3 rings (SSSR count). The summed E-state index contributed by atoms with van der Waals surface area (Å²) in [5, 5.41) is 6.55. The molecule has 1 atom stereocenters. The topological polar surface area (TPSA) is 36.4 Å². The summed E-state index contributed by atoms with van der Waals surface area (Å²) in [5.74, 6) is 1.67. The van der Waals surface area contributed by atoms with E-state index in [1.165, 1.54) is 36.8 Å². The smallest absolute Gasteiger partial charge is 0.196 e. The molecule has 0 spiro atoms. The van der Waals surface area contributed by atoms with Crippen molar-refractivity contribution >= 4 is 11.6 Å². The highest BCUT2D eigenvalue weighted by molar-refractivity contribution is 5.84. The summed E-state index contributed by atoms with van der Waals surface area (Å²) >= 11 is 0. The van der Waals surface area contributed by atoms with Crippen LogP contribution in [-0.4, -0.2) is 19.0 Å². The predicted octanol–water partition coefficient (Wildman–Crippen LogP) is 2.70. The molecule has 2 aliphatic rings.